The number of amides is 2. The number of hydrogen-bond donors (Lipinski definition) is 1. The number of rotatable bonds is 4. The molecular formula is C19H24ClN5O. The Balaban J connectivity index is 1.59. The van der Waals surface area contributed by atoms with E-state index in [4.69, 9.17) is 11.6 Å². The summed E-state index contributed by atoms with van der Waals surface area (Å²) >= 11 is 5.98. The fourth-order valence-electron chi connectivity index (χ4n) is 3.09. The van der Waals surface area contributed by atoms with Gasteiger partial charge in [-0.1, -0.05) is 37.6 Å². The van der Waals surface area contributed by atoms with E-state index in [0.29, 0.717) is 24.1 Å². The van der Waals surface area contributed by atoms with Crippen molar-refractivity contribution >= 4 is 23.6 Å². The van der Waals surface area contributed by atoms with E-state index >= 15 is 0 Å². The number of carbonyl (C=O) groups is 1. The van der Waals surface area contributed by atoms with Crippen LogP contribution in [-0.4, -0.2) is 47.1 Å². The molecule has 0 unspecified atom stereocenters. The summed E-state index contributed by atoms with van der Waals surface area (Å²) in [5, 5.41) is 3.87. The van der Waals surface area contributed by atoms with Crippen molar-refractivity contribution in [2.75, 3.05) is 31.1 Å². The molecule has 0 aliphatic carbocycles. The van der Waals surface area contributed by atoms with Crippen LogP contribution in [0.2, 0.25) is 5.02 Å². The molecule has 138 valence electrons. The number of anilines is 1. The first-order valence-electron chi connectivity index (χ1n) is 8.87. The summed E-state index contributed by atoms with van der Waals surface area (Å²) in [4.78, 5) is 25.2. The first-order valence-corrected chi connectivity index (χ1v) is 9.25. The van der Waals surface area contributed by atoms with E-state index in [1.54, 1.807) is 18.5 Å². The molecule has 1 aliphatic rings. The molecule has 2 heterocycles. The Morgan fingerprint density at radius 1 is 1.08 bits per heavy atom. The fourth-order valence-corrected chi connectivity index (χ4v) is 3.22. The van der Waals surface area contributed by atoms with Crippen LogP contribution in [0, 0.1) is 5.92 Å². The Hall–Kier alpha value is -2.34. The second-order valence-corrected chi connectivity index (χ2v) is 7.18. The minimum Gasteiger partial charge on any atom is -0.337 e. The van der Waals surface area contributed by atoms with Gasteiger partial charge in [-0.25, -0.2) is 14.8 Å². The normalized spacial score (nSPS) is 15.8. The van der Waals surface area contributed by atoms with Crippen LogP contribution in [-0.2, 0) is 0 Å². The number of benzene rings is 1. The number of aromatic nitrogens is 2. The number of nitrogens with one attached hydrogen (secondary N) is 1. The SMILES string of the molecule is CC(C)[C@@H](NC(=O)N1CCN(c2ncccn2)CC1)c1ccc(Cl)cc1. The van der Waals surface area contributed by atoms with Crippen LogP contribution in [0.25, 0.3) is 0 Å². The molecule has 1 saturated heterocycles. The Kier molecular flexibility index (Phi) is 5.93. The molecule has 6 nitrogen and oxygen atoms in total. The van der Waals surface area contributed by atoms with Crippen molar-refractivity contribution in [3.05, 3.63) is 53.3 Å². The highest BCUT2D eigenvalue weighted by Gasteiger charge is 2.25. The molecule has 0 radical (unpaired) electrons. The van der Waals surface area contributed by atoms with E-state index in [9.17, 15) is 4.79 Å². The van der Waals surface area contributed by atoms with Gasteiger partial charge in [0.05, 0.1) is 6.04 Å². The second-order valence-electron chi connectivity index (χ2n) is 6.75. The third-order valence-electron chi connectivity index (χ3n) is 4.58. The third-order valence-corrected chi connectivity index (χ3v) is 4.83. The van der Waals surface area contributed by atoms with E-state index in [1.807, 2.05) is 29.2 Å². The van der Waals surface area contributed by atoms with Gasteiger partial charge in [0.25, 0.3) is 0 Å². The zero-order valence-electron chi connectivity index (χ0n) is 15.1. The van der Waals surface area contributed by atoms with Crippen LogP contribution in [0.15, 0.2) is 42.7 Å². The molecule has 26 heavy (non-hydrogen) atoms. The third kappa shape index (κ3) is 4.43. The van der Waals surface area contributed by atoms with Crippen molar-refractivity contribution < 1.29 is 4.79 Å². The average Bonchev–Trinajstić information content (AvgIpc) is 2.67. The standard InChI is InChI=1S/C19H24ClN5O/c1-14(2)17(15-4-6-16(20)7-5-15)23-19(26)25-12-10-24(11-13-25)18-21-8-3-9-22-18/h3-9,14,17H,10-13H2,1-2H3,(H,23,26)/t17-/m1/s1. The predicted octanol–water partition coefficient (Wildman–Crippen LogP) is 3.36. The minimum absolute atomic E-state index is 0.0349. The maximum absolute atomic E-state index is 12.7. The van der Waals surface area contributed by atoms with Crippen molar-refractivity contribution in [3.63, 3.8) is 0 Å². The highest BCUT2D eigenvalue weighted by atomic mass is 35.5. The van der Waals surface area contributed by atoms with Crippen LogP contribution in [0.3, 0.4) is 0 Å². The lowest BCUT2D eigenvalue weighted by Gasteiger charge is -2.36. The van der Waals surface area contributed by atoms with Gasteiger partial charge < -0.3 is 15.1 Å². The molecule has 1 fully saturated rings. The van der Waals surface area contributed by atoms with Gasteiger partial charge in [0.15, 0.2) is 0 Å². The molecule has 1 aliphatic heterocycles. The monoisotopic (exact) mass is 373 g/mol. The molecule has 1 aromatic heterocycles. The average molecular weight is 374 g/mol. The molecule has 1 N–H and O–H groups in total. The summed E-state index contributed by atoms with van der Waals surface area (Å²) in [6.07, 6.45) is 3.47. The molecular weight excluding hydrogens is 350 g/mol. The Bertz CT molecular complexity index is 714. The summed E-state index contributed by atoms with van der Waals surface area (Å²) in [6.45, 7) is 6.95. The van der Waals surface area contributed by atoms with Crippen LogP contribution in [0.4, 0.5) is 10.7 Å². The number of halogens is 1. The molecule has 7 heteroatoms. The number of hydrogen-bond acceptors (Lipinski definition) is 4. The van der Waals surface area contributed by atoms with Gasteiger partial charge in [0.2, 0.25) is 5.95 Å². The predicted molar refractivity (Wildman–Crippen MR) is 103 cm³/mol. The van der Waals surface area contributed by atoms with E-state index in [2.05, 4.69) is 34.0 Å². The van der Waals surface area contributed by atoms with Gasteiger partial charge in [-0.3, -0.25) is 0 Å². The van der Waals surface area contributed by atoms with Crippen molar-refractivity contribution in [3.8, 4) is 0 Å². The summed E-state index contributed by atoms with van der Waals surface area (Å²) in [5.74, 6) is 0.993. The van der Waals surface area contributed by atoms with Gasteiger partial charge in [-0.05, 0) is 29.7 Å². The number of urea groups is 1. The molecule has 3 rings (SSSR count). The lowest BCUT2D eigenvalue weighted by Crippen LogP contribution is -2.53. The van der Waals surface area contributed by atoms with E-state index in [1.165, 1.54) is 0 Å². The van der Waals surface area contributed by atoms with Crippen molar-refractivity contribution in [2.45, 2.75) is 19.9 Å². The maximum atomic E-state index is 12.7. The summed E-state index contributed by atoms with van der Waals surface area (Å²) < 4.78 is 0. The number of piperazine rings is 1. The smallest absolute Gasteiger partial charge is 0.318 e. The highest BCUT2D eigenvalue weighted by molar-refractivity contribution is 6.30. The van der Waals surface area contributed by atoms with E-state index in [-0.39, 0.29) is 18.0 Å². The molecule has 0 bridgehead atoms. The largest absolute Gasteiger partial charge is 0.337 e. The van der Waals surface area contributed by atoms with Gasteiger partial charge in [-0.15, -0.1) is 0 Å². The van der Waals surface area contributed by atoms with E-state index < -0.39 is 0 Å². The van der Waals surface area contributed by atoms with E-state index in [0.717, 1.165) is 18.7 Å². The minimum atomic E-state index is -0.0461. The Morgan fingerprint density at radius 3 is 2.27 bits per heavy atom. The van der Waals surface area contributed by atoms with Crippen LogP contribution < -0.4 is 10.2 Å². The number of nitrogens with zero attached hydrogens (tertiary/aromatic N) is 4. The molecule has 0 spiro atoms. The Morgan fingerprint density at radius 2 is 1.69 bits per heavy atom. The molecule has 0 saturated carbocycles. The quantitative estimate of drug-likeness (QED) is 0.892. The number of carbonyl (C=O) groups excluding carboxylic acids is 1. The van der Waals surface area contributed by atoms with Crippen molar-refractivity contribution in [2.24, 2.45) is 5.92 Å². The molecule has 2 aromatic rings. The van der Waals surface area contributed by atoms with Gasteiger partial charge >= 0.3 is 6.03 Å². The topological polar surface area (TPSA) is 61.4 Å². The molecule has 1 aromatic carbocycles. The molecule has 2 amide bonds. The van der Waals surface area contributed by atoms with Crippen LogP contribution in [0.5, 0.6) is 0 Å². The Labute approximate surface area is 159 Å². The highest BCUT2D eigenvalue weighted by Crippen LogP contribution is 2.23. The lowest BCUT2D eigenvalue weighted by molar-refractivity contribution is 0.186. The first-order chi connectivity index (χ1) is 12.5. The summed E-state index contributed by atoms with van der Waals surface area (Å²) in [7, 11) is 0. The fraction of sp³-hybridized carbons (Fsp3) is 0.421. The zero-order valence-corrected chi connectivity index (χ0v) is 15.9. The van der Waals surface area contributed by atoms with Gasteiger partial charge in [0, 0.05) is 43.6 Å². The van der Waals surface area contributed by atoms with Crippen LogP contribution in [0.1, 0.15) is 25.5 Å². The second kappa shape index (κ2) is 8.36. The first kappa shape index (κ1) is 18.5. The van der Waals surface area contributed by atoms with Crippen LogP contribution >= 0.6 is 11.6 Å². The molecule has 1 atom stereocenters. The maximum Gasteiger partial charge on any atom is 0.318 e. The van der Waals surface area contributed by atoms with Gasteiger partial charge in [-0.2, -0.15) is 0 Å². The lowest BCUT2D eigenvalue weighted by atomic mass is 9.96. The summed E-state index contributed by atoms with van der Waals surface area (Å²) in [6, 6.07) is 9.38. The van der Waals surface area contributed by atoms with Crippen molar-refractivity contribution in [1.29, 1.82) is 0 Å². The zero-order chi connectivity index (χ0) is 18.5. The summed E-state index contributed by atoms with van der Waals surface area (Å²) in [5.41, 5.74) is 1.06. The van der Waals surface area contributed by atoms with Crippen molar-refractivity contribution in [1.82, 2.24) is 20.2 Å². The van der Waals surface area contributed by atoms with Gasteiger partial charge in [0.1, 0.15) is 0 Å².